The van der Waals surface area contributed by atoms with E-state index in [2.05, 4.69) is 5.32 Å². The van der Waals surface area contributed by atoms with Crippen LogP contribution in [0.4, 0.5) is 0 Å². The van der Waals surface area contributed by atoms with Gasteiger partial charge in [0.05, 0.1) is 0 Å². The van der Waals surface area contributed by atoms with Crippen LogP contribution in [0, 0.1) is 5.92 Å². The summed E-state index contributed by atoms with van der Waals surface area (Å²) in [5, 5.41) is 11.8. The molecule has 0 spiro atoms. The molecule has 1 aromatic rings. The summed E-state index contributed by atoms with van der Waals surface area (Å²) in [4.78, 5) is 35.6. The number of nitrogens with one attached hydrogen (secondary N) is 1. The Hall–Kier alpha value is -2.11. The maximum Gasteiger partial charge on any atom is 0.326 e. The lowest BCUT2D eigenvalue weighted by atomic mass is 10.0. The summed E-state index contributed by atoms with van der Waals surface area (Å²) in [6.45, 7) is 5.71. The Bertz CT molecular complexity index is 565. The summed E-state index contributed by atoms with van der Waals surface area (Å²) >= 11 is 0. The molecule has 0 radical (unpaired) electrons. The molecule has 2 N–H and O–H groups in total. The average Bonchev–Trinajstić information content (AvgIpc) is 2.44. The minimum Gasteiger partial charge on any atom is -0.480 e. The van der Waals surface area contributed by atoms with Gasteiger partial charge in [-0.2, -0.15) is 0 Å². The third-order valence-electron chi connectivity index (χ3n) is 3.37. The second kappa shape index (κ2) is 8.36. The summed E-state index contributed by atoms with van der Waals surface area (Å²) in [6.07, 6.45) is 3.09. The number of hydrogen-bond donors (Lipinski definition) is 2. The first kappa shape index (κ1) is 17.9. The van der Waals surface area contributed by atoms with Crippen LogP contribution in [0.5, 0.6) is 0 Å². The maximum absolute atomic E-state index is 12.4. The summed E-state index contributed by atoms with van der Waals surface area (Å²) in [7, 11) is 0. The number of pyridine rings is 1. The van der Waals surface area contributed by atoms with Crippen LogP contribution in [0.1, 0.15) is 46.1 Å². The largest absolute Gasteiger partial charge is 0.480 e. The van der Waals surface area contributed by atoms with Crippen LogP contribution in [-0.2, 0) is 9.59 Å². The number of amides is 1. The minimum absolute atomic E-state index is 0.144. The maximum atomic E-state index is 12.4. The molecular weight excluding hydrogens is 284 g/mol. The van der Waals surface area contributed by atoms with Crippen molar-refractivity contribution in [3.05, 3.63) is 34.7 Å². The second-order valence-electron chi connectivity index (χ2n) is 5.78. The van der Waals surface area contributed by atoms with Crippen LogP contribution < -0.4 is 10.9 Å². The molecule has 0 saturated heterocycles. The fraction of sp³-hybridized carbons (Fsp3) is 0.562. The van der Waals surface area contributed by atoms with E-state index in [4.69, 9.17) is 0 Å². The predicted molar refractivity (Wildman–Crippen MR) is 83.7 cm³/mol. The Morgan fingerprint density at radius 2 is 2.00 bits per heavy atom. The first-order valence-electron chi connectivity index (χ1n) is 7.57. The van der Waals surface area contributed by atoms with Gasteiger partial charge in [0.2, 0.25) is 5.91 Å². The molecule has 6 nitrogen and oxygen atoms in total. The molecule has 2 atom stereocenters. The fourth-order valence-corrected chi connectivity index (χ4v) is 2.33. The highest BCUT2D eigenvalue weighted by Crippen LogP contribution is 2.13. The summed E-state index contributed by atoms with van der Waals surface area (Å²) in [5.41, 5.74) is -0.271. The molecule has 22 heavy (non-hydrogen) atoms. The van der Waals surface area contributed by atoms with Crippen LogP contribution in [0.25, 0.3) is 0 Å². The Morgan fingerprint density at radius 3 is 2.50 bits per heavy atom. The van der Waals surface area contributed by atoms with Gasteiger partial charge in [-0.3, -0.25) is 9.59 Å². The smallest absolute Gasteiger partial charge is 0.326 e. The zero-order chi connectivity index (χ0) is 16.7. The highest BCUT2D eigenvalue weighted by molar-refractivity contribution is 5.85. The average molecular weight is 308 g/mol. The zero-order valence-electron chi connectivity index (χ0n) is 13.3. The van der Waals surface area contributed by atoms with Gasteiger partial charge in [-0.1, -0.05) is 33.3 Å². The van der Waals surface area contributed by atoms with Crippen molar-refractivity contribution in [1.29, 1.82) is 0 Å². The van der Waals surface area contributed by atoms with Gasteiger partial charge in [0.25, 0.3) is 5.56 Å². The van der Waals surface area contributed by atoms with Gasteiger partial charge in [-0.05, 0) is 24.8 Å². The molecule has 0 aliphatic heterocycles. The molecule has 1 amide bonds. The van der Waals surface area contributed by atoms with Crippen molar-refractivity contribution in [2.24, 2.45) is 5.92 Å². The van der Waals surface area contributed by atoms with Crippen molar-refractivity contribution in [2.45, 2.75) is 52.1 Å². The normalized spacial score (nSPS) is 13.6. The molecule has 6 heteroatoms. The summed E-state index contributed by atoms with van der Waals surface area (Å²) < 4.78 is 1.35. The molecule has 0 aliphatic carbocycles. The van der Waals surface area contributed by atoms with E-state index in [9.17, 15) is 19.5 Å². The number of carboxylic acids is 1. The predicted octanol–water partition coefficient (Wildman–Crippen LogP) is 1.80. The third kappa shape index (κ3) is 5.02. The van der Waals surface area contributed by atoms with Crippen molar-refractivity contribution >= 4 is 11.9 Å². The van der Waals surface area contributed by atoms with E-state index in [1.165, 1.54) is 10.6 Å². The quantitative estimate of drug-likeness (QED) is 0.766. The van der Waals surface area contributed by atoms with Gasteiger partial charge in [-0.15, -0.1) is 0 Å². The molecule has 0 saturated carbocycles. The van der Waals surface area contributed by atoms with Crippen LogP contribution in [0.2, 0.25) is 0 Å². The monoisotopic (exact) mass is 308 g/mol. The topological polar surface area (TPSA) is 88.4 Å². The molecule has 0 aliphatic rings. The van der Waals surface area contributed by atoms with E-state index in [1.807, 2.05) is 20.8 Å². The first-order chi connectivity index (χ1) is 10.4. The lowest BCUT2D eigenvalue weighted by Gasteiger charge is -2.22. The van der Waals surface area contributed by atoms with E-state index >= 15 is 0 Å². The minimum atomic E-state index is -1.06. The van der Waals surface area contributed by atoms with E-state index < -0.39 is 24.0 Å². The van der Waals surface area contributed by atoms with Crippen LogP contribution >= 0.6 is 0 Å². The van der Waals surface area contributed by atoms with E-state index in [1.54, 1.807) is 18.3 Å². The van der Waals surface area contributed by atoms with Crippen molar-refractivity contribution < 1.29 is 14.7 Å². The number of hydrogen-bond acceptors (Lipinski definition) is 3. The van der Waals surface area contributed by atoms with Crippen LogP contribution in [0.3, 0.4) is 0 Å². The van der Waals surface area contributed by atoms with Gasteiger partial charge >= 0.3 is 5.97 Å². The van der Waals surface area contributed by atoms with Crippen LogP contribution in [0.15, 0.2) is 29.2 Å². The summed E-state index contributed by atoms with van der Waals surface area (Å²) in [5.74, 6) is -1.34. The molecule has 1 rings (SSSR count). The Morgan fingerprint density at radius 1 is 1.32 bits per heavy atom. The Kier molecular flexibility index (Phi) is 6.82. The zero-order valence-corrected chi connectivity index (χ0v) is 13.3. The van der Waals surface area contributed by atoms with Gasteiger partial charge in [0.1, 0.15) is 12.1 Å². The molecular formula is C16H24N2O4. The molecule has 1 aromatic heterocycles. The summed E-state index contributed by atoms with van der Waals surface area (Å²) in [6, 6.07) is 3.05. The highest BCUT2D eigenvalue weighted by Gasteiger charge is 2.26. The molecule has 1 heterocycles. The Balaban J connectivity index is 2.96. The number of aromatic nitrogens is 1. The third-order valence-corrected chi connectivity index (χ3v) is 3.37. The highest BCUT2D eigenvalue weighted by atomic mass is 16.4. The second-order valence-corrected chi connectivity index (χ2v) is 5.78. The molecule has 0 bridgehead atoms. The molecule has 0 fully saturated rings. The van der Waals surface area contributed by atoms with Crippen molar-refractivity contribution in [3.63, 3.8) is 0 Å². The SMILES string of the molecule is CCCC(C(=O)NC(CC(C)C)C(=O)O)n1ccccc1=O. The number of carbonyl (C=O) groups is 2. The number of carboxylic acid groups (broad SMARTS) is 1. The number of nitrogens with zero attached hydrogens (tertiary/aromatic N) is 1. The standard InChI is InChI=1S/C16H24N2O4/c1-4-7-13(18-9-6-5-8-14(18)19)15(20)17-12(16(21)22)10-11(2)3/h5-6,8-9,11-13H,4,7,10H2,1-3H3,(H,17,20)(H,21,22). The van der Waals surface area contributed by atoms with Gasteiger partial charge in [0.15, 0.2) is 0 Å². The van der Waals surface area contributed by atoms with Crippen LogP contribution in [-0.4, -0.2) is 27.6 Å². The molecule has 0 aromatic carbocycles. The first-order valence-corrected chi connectivity index (χ1v) is 7.57. The number of carbonyl (C=O) groups excluding carboxylic acids is 1. The van der Waals surface area contributed by atoms with E-state index in [-0.39, 0.29) is 11.5 Å². The lowest BCUT2D eigenvalue weighted by molar-refractivity contribution is -0.142. The van der Waals surface area contributed by atoms with Gasteiger partial charge in [0, 0.05) is 12.3 Å². The number of rotatable bonds is 8. The molecule has 122 valence electrons. The van der Waals surface area contributed by atoms with Crippen molar-refractivity contribution in [1.82, 2.24) is 9.88 Å². The van der Waals surface area contributed by atoms with E-state index in [0.717, 1.165) is 0 Å². The number of aliphatic carboxylic acids is 1. The molecule has 2 unspecified atom stereocenters. The van der Waals surface area contributed by atoms with Crippen molar-refractivity contribution in [3.8, 4) is 0 Å². The van der Waals surface area contributed by atoms with E-state index in [0.29, 0.717) is 19.3 Å². The van der Waals surface area contributed by atoms with Gasteiger partial charge in [-0.25, -0.2) is 4.79 Å². The lowest BCUT2D eigenvalue weighted by Crippen LogP contribution is -2.46. The van der Waals surface area contributed by atoms with Crippen molar-refractivity contribution in [2.75, 3.05) is 0 Å². The van der Waals surface area contributed by atoms with Gasteiger partial charge < -0.3 is 15.0 Å². The Labute approximate surface area is 130 Å². The fourth-order valence-electron chi connectivity index (χ4n) is 2.33.